The maximum absolute atomic E-state index is 6.59. The third-order valence-corrected chi connectivity index (χ3v) is 4.54. The van der Waals surface area contributed by atoms with Crippen LogP contribution in [0.25, 0.3) is 27.8 Å². The molecule has 2 heterocycles. The largest absolute Gasteiger partial charge is 0.325 e. The van der Waals surface area contributed by atoms with Gasteiger partial charge < -0.3 is 5.32 Å². The molecule has 0 saturated heterocycles. The Bertz CT molecular complexity index is 1070. The fourth-order valence-corrected chi connectivity index (χ4v) is 3.50. The fourth-order valence-electron chi connectivity index (χ4n) is 3.24. The lowest BCUT2D eigenvalue weighted by atomic mass is 10.0. The van der Waals surface area contributed by atoms with Crippen LogP contribution in [0.15, 0.2) is 66.7 Å². The van der Waals surface area contributed by atoms with Crippen molar-refractivity contribution in [2.24, 2.45) is 0 Å². The molecule has 23 heavy (non-hydrogen) atoms. The van der Waals surface area contributed by atoms with Gasteiger partial charge in [0.1, 0.15) is 0 Å². The average molecular weight is 318 g/mol. The Morgan fingerprint density at radius 2 is 1.61 bits per heavy atom. The molecule has 0 fully saturated rings. The van der Waals surface area contributed by atoms with E-state index in [0.29, 0.717) is 5.02 Å². The van der Waals surface area contributed by atoms with E-state index < -0.39 is 0 Å². The number of benzene rings is 3. The maximum Gasteiger partial charge on any atom is 0.213 e. The second kappa shape index (κ2) is 4.61. The van der Waals surface area contributed by atoms with E-state index in [0.717, 1.165) is 39.5 Å². The molecule has 5 rings (SSSR count). The number of rotatable bonds is 0. The second-order valence-corrected chi connectivity index (χ2v) is 5.97. The van der Waals surface area contributed by atoms with Crippen LogP contribution in [0.5, 0.6) is 0 Å². The molecule has 1 aliphatic heterocycles. The van der Waals surface area contributed by atoms with E-state index in [9.17, 15) is 0 Å². The number of nitrogens with one attached hydrogen (secondary N) is 1. The van der Waals surface area contributed by atoms with Crippen LogP contribution in [0.3, 0.4) is 0 Å². The molecule has 3 nitrogen and oxygen atoms in total. The molecule has 3 aromatic carbocycles. The summed E-state index contributed by atoms with van der Waals surface area (Å²) in [6, 6.07) is 22.3. The molecular formula is C19H12ClN3. The Morgan fingerprint density at radius 3 is 2.57 bits per heavy atom. The minimum Gasteiger partial charge on any atom is -0.325 e. The van der Waals surface area contributed by atoms with E-state index in [-0.39, 0.29) is 0 Å². The summed E-state index contributed by atoms with van der Waals surface area (Å²) >= 11 is 6.59. The van der Waals surface area contributed by atoms with Crippen molar-refractivity contribution >= 4 is 34.3 Å². The molecule has 4 heteroatoms. The van der Waals surface area contributed by atoms with Crippen molar-refractivity contribution in [1.82, 2.24) is 9.55 Å². The third kappa shape index (κ3) is 1.74. The van der Waals surface area contributed by atoms with E-state index in [4.69, 9.17) is 16.6 Å². The number of para-hydroxylation sites is 4. The lowest BCUT2D eigenvalue weighted by Gasteiger charge is -2.12. The zero-order valence-corrected chi connectivity index (χ0v) is 12.9. The van der Waals surface area contributed by atoms with E-state index >= 15 is 0 Å². The standard InChI is InChI=1S/C19H12ClN3/c20-14-8-5-7-13-12-6-1-2-9-15(12)21-19-22-16-10-3-4-11-17(16)23(19)18(13)14/h1-11H,(H,21,22). The van der Waals surface area contributed by atoms with Gasteiger partial charge in [-0.25, -0.2) is 4.98 Å². The summed E-state index contributed by atoms with van der Waals surface area (Å²) in [5.74, 6) is 0.783. The van der Waals surface area contributed by atoms with Gasteiger partial charge in [0, 0.05) is 16.8 Å². The maximum atomic E-state index is 6.59. The van der Waals surface area contributed by atoms with Crippen molar-refractivity contribution in [3.05, 3.63) is 71.8 Å². The minimum absolute atomic E-state index is 0.713. The van der Waals surface area contributed by atoms with E-state index in [1.54, 1.807) is 0 Å². The molecule has 0 atom stereocenters. The van der Waals surface area contributed by atoms with Gasteiger partial charge in [-0.15, -0.1) is 0 Å². The van der Waals surface area contributed by atoms with Crippen LogP contribution in [-0.4, -0.2) is 9.55 Å². The highest BCUT2D eigenvalue weighted by atomic mass is 35.5. The quantitative estimate of drug-likeness (QED) is 0.414. The Morgan fingerprint density at radius 1 is 0.826 bits per heavy atom. The highest BCUT2D eigenvalue weighted by molar-refractivity contribution is 6.33. The second-order valence-electron chi connectivity index (χ2n) is 5.57. The average Bonchev–Trinajstić information content (AvgIpc) is 2.86. The molecule has 0 bridgehead atoms. The van der Waals surface area contributed by atoms with Crippen molar-refractivity contribution in [2.75, 3.05) is 5.32 Å². The van der Waals surface area contributed by atoms with Gasteiger partial charge in [0.05, 0.1) is 21.7 Å². The van der Waals surface area contributed by atoms with Gasteiger partial charge in [-0.1, -0.05) is 54.1 Å². The zero-order valence-electron chi connectivity index (χ0n) is 12.1. The molecule has 0 unspecified atom stereocenters. The van der Waals surface area contributed by atoms with Crippen LogP contribution < -0.4 is 5.32 Å². The number of hydrogen-bond donors (Lipinski definition) is 1. The topological polar surface area (TPSA) is 29.9 Å². The summed E-state index contributed by atoms with van der Waals surface area (Å²) in [6.07, 6.45) is 0. The first-order chi connectivity index (χ1) is 11.3. The predicted molar refractivity (Wildman–Crippen MR) is 94.8 cm³/mol. The molecule has 0 radical (unpaired) electrons. The van der Waals surface area contributed by atoms with Crippen LogP contribution in [-0.2, 0) is 0 Å². The number of imidazole rings is 1. The van der Waals surface area contributed by atoms with Gasteiger partial charge in [-0.3, -0.25) is 4.57 Å². The Balaban J connectivity index is 1.99. The van der Waals surface area contributed by atoms with Gasteiger partial charge >= 0.3 is 0 Å². The SMILES string of the molecule is Clc1cccc2c1-n1c(nc3ccccc31)Nc1ccccc1-2. The lowest BCUT2D eigenvalue weighted by Crippen LogP contribution is -2.00. The minimum atomic E-state index is 0.713. The van der Waals surface area contributed by atoms with Crippen molar-refractivity contribution in [3.63, 3.8) is 0 Å². The van der Waals surface area contributed by atoms with Gasteiger partial charge in [-0.2, -0.15) is 0 Å². The van der Waals surface area contributed by atoms with E-state index in [1.165, 1.54) is 0 Å². The highest BCUT2D eigenvalue weighted by Gasteiger charge is 2.23. The molecule has 1 N–H and O–H groups in total. The number of fused-ring (bicyclic) bond motifs is 7. The third-order valence-electron chi connectivity index (χ3n) is 4.23. The lowest BCUT2D eigenvalue weighted by molar-refractivity contribution is 1.11. The molecule has 110 valence electrons. The Hall–Kier alpha value is -2.78. The van der Waals surface area contributed by atoms with Crippen LogP contribution in [0.2, 0.25) is 5.02 Å². The molecule has 0 aliphatic carbocycles. The number of halogens is 1. The smallest absolute Gasteiger partial charge is 0.213 e. The number of aromatic nitrogens is 2. The molecule has 1 aliphatic rings. The predicted octanol–water partition coefficient (Wildman–Crippen LogP) is 5.40. The van der Waals surface area contributed by atoms with Crippen molar-refractivity contribution in [1.29, 1.82) is 0 Å². The van der Waals surface area contributed by atoms with Crippen molar-refractivity contribution < 1.29 is 0 Å². The van der Waals surface area contributed by atoms with Crippen LogP contribution in [0, 0.1) is 0 Å². The van der Waals surface area contributed by atoms with Crippen LogP contribution in [0.4, 0.5) is 11.6 Å². The van der Waals surface area contributed by atoms with Crippen molar-refractivity contribution in [3.8, 4) is 16.8 Å². The monoisotopic (exact) mass is 317 g/mol. The summed E-state index contributed by atoms with van der Waals surface area (Å²) in [7, 11) is 0. The zero-order chi connectivity index (χ0) is 15.4. The fraction of sp³-hybridized carbons (Fsp3) is 0. The molecule has 0 saturated carbocycles. The first kappa shape index (κ1) is 12.7. The van der Waals surface area contributed by atoms with Crippen LogP contribution in [0.1, 0.15) is 0 Å². The van der Waals surface area contributed by atoms with Gasteiger partial charge in [-0.05, 0) is 24.3 Å². The van der Waals surface area contributed by atoms with Gasteiger partial charge in [0.2, 0.25) is 5.95 Å². The van der Waals surface area contributed by atoms with Gasteiger partial charge in [0.15, 0.2) is 0 Å². The molecule has 1 aromatic heterocycles. The number of anilines is 2. The summed E-state index contributed by atoms with van der Waals surface area (Å²) in [6.45, 7) is 0. The molecular weight excluding hydrogens is 306 g/mol. The van der Waals surface area contributed by atoms with E-state index in [2.05, 4.69) is 34.1 Å². The molecule has 0 spiro atoms. The van der Waals surface area contributed by atoms with Crippen LogP contribution >= 0.6 is 11.6 Å². The van der Waals surface area contributed by atoms with Crippen molar-refractivity contribution in [2.45, 2.75) is 0 Å². The number of nitrogens with zero attached hydrogens (tertiary/aromatic N) is 2. The number of hydrogen-bond acceptors (Lipinski definition) is 2. The molecule has 4 aromatic rings. The van der Waals surface area contributed by atoms with E-state index in [1.807, 2.05) is 42.5 Å². The van der Waals surface area contributed by atoms with Gasteiger partial charge in [0.25, 0.3) is 0 Å². The first-order valence-electron chi connectivity index (χ1n) is 7.46. The summed E-state index contributed by atoms with van der Waals surface area (Å²) < 4.78 is 2.10. The summed E-state index contributed by atoms with van der Waals surface area (Å²) in [5.41, 5.74) is 6.21. The Kier molecular flexibility index (Phi) is 2.55. The highest BCUT2D eigenvalue weighted by Crippen LogP contribution is 2.43. The normalized spacial score (nSPS) is 12.0. The Labute approximate surface area is 138 Å². The first-order valence-corrected chi connectivity index (χ1v) is 7.83. The summed E-state index contributed by atoms with van der Waals surface area (Å²) in [4.78, 5) is 4.75. The summed E-state index contributed by atoms with van der Waals surface area (Å²) in [5, 5.41) is 4.17. The molecule has 0 amide bonds.